The Hall–Kier alpha value is -2.64. The molecular formula is C20H19ClFNO5. The molecule has 0 saturated carbocycles. The molecule has 0 unspecified atom stereocenters. The number of benzene rings is 2. The summed E-state index contributed by atoms with van der Waals surface area (Å²) in [4.78, 5) is 24.5. The highest BCUT2D eigenvalue weighted by Crippen LogP contribution is 2.41. The summed E-state index contributed by atoms with van der Waals surface area (Å²) >= 11 is 6.45. The number of hydrogen-bond acceptors (Lipinski definition) is 5. The number of anilines is 1. The van der Waals surface area contributed by atoms with Gasteiger partial charge in [-0.2, -0.15) is 0 Å². The Morgan fingerprint density at radius 2 is 2.07 bits per heavy atom. The second-order valence-electron chi connectivity index (χ2n) is 6.10. The number of carbonyl (C=O) groups is 2. The average Bonchev–Trinajstić information content (AvgIpc) is 2.79. The third-order valence-corrected chi connectivity index (χ3v) is 4.70. The second-order valence-corrected chi connectivity index (χ2v) is 6.48. The lowest BCUT2D eigenvalue weighted by Gasteiger charge is -2.23. The molecule has 0 radical (unpaired) electrons. The summed E-state index contributed by atoms with van der Waals surface area (Å²) in [6.07, 6.45) is -2.32. The van der Waals surface area contributed by atoms with Crippen LogP contribution in [-0.4, -0.2) is 31.7 Å². The molecule has 2 atom stereocenters. The van der Waals surface area contributed by atoms with Gasteiger partial charge in [-0.05, 0) is 31.2 Å². The minimum atomic E-state index is -1.14. The third kappa shape index (κ3) is 4.10. The highest BCUT2D eigenvalue weighted by Gasteiger charge is 2.35. The molecule has 8 heteroatoms. The number of ether oxygens (including phenoxy) is 3. The summed E-state index contributed by atoms with van der Waals surface area (Å²) in [6, 6.07) is 9.02. The zero-order valence-electron chi connectivity index (χ0n) is 15.3. The Balaban J connectivity index is 2.08. The number of halogens is 2. The number of carbonyl (C=O) groups excluding carboxylic acids is 2. The molecule has 3 rings (SSSR count). The minimum Gasteiger partial charge on any atom is -0.495 e. The van der Waals surface area contributed by atoms with Crippen LogP contribution in [0.1, 0.15) is 30.6 Å². The number of hydrogen-bond donors (Lipinski definition) is 1. The van der Waals surface area contributed by atoms with Gasteiger partial charge in [0.25, 0.3) is 5.91 Å². The smallest absolute Gasteiger partial charge is 0.308 e. The van der Waals surface area contributed by atoms with Gasteiger partial charge in [0.15, 0.2) is 0 Å². The predicted octanol–water partition coefficient (Wildman–Crippen LogP) is 3.87. The summed E-state index contributed by atoms with van der Waals surface area (Å²) in [5.41, 5.74) is 1.25. The highest BCUT2D eigenvalue weighted by atomic mass is 35.5. The van der Waals surface area contributed by atoms with E-state index in [1.807, 2.05) is 0 Å². The zero-order valence-corrected chi connectivity index (χ0v) is 16.1. The molecule has 0 saturated heterocycles. The fourth-order valence-corrected chi connectivity index (χ4v) is 3.32. The van der Waals surface area contributed by atoms with Crippen LogP contribution in [0, 0.1) is 5.82 Å². The summed E-state index contributed by atoms with van der Waals surface area (Å²) < 4.78 is 30.1. The van der Waals surface area contributed by atoms with E-state index in [0.29, 0.717) is 22.6 Å². The molecule has 28 heavy (non-hydrogen) atoms. The van der Waals surface area contributed by atoms with Crippen molar-refractivity contribution in [3.8, 4) is 5.75 Å². The first kappa shape index (κ1) is 20.1. The summed E-state index contributed by atoms with van der Waals surface area (Å²) in [5, 5.41) is 2.95. The Bertz CT molecular complexity index is 904. The number of esters is 1. The fraction of sp³-hybridized carbons (Fsp3) is 0.300. The molecular weight excluding hydrogens is 389 g/mol. The van der Waals surface area contributed by atoms with Crippen LogP contribution in [0.2, 0.25) is 5.02 Å². The van der Waals surface area contributed by atoms with E-state index < -0.39 is 29.9 Å². The van der Waals surface area contributed by atoms with Gasteiger partial charge in [-0.3, -0.25) is 9.59 Å². The number of fused-ring (bicyclic) bond motifs is 1. The maximum Gasteiger partial charge on any atom is 0.308 e. The van der Waals surface area contributed by atoms with Crippen LogP contribution < -0.4 is 10.1 Å². The second kappa shape index (κ2) is 8.58. The van der Waals surface area contributed by atoms with Crippen LogP contribution in [0.5, 0.6) is 5.75 Å². The van der Waals surface area contributed by atoms with Gasteiger partial charge in [-0.1, -0.05) is 23.7 Å². The topological polar surface area (TPSA) is 73.9 Å². The minimum absolute atomic E-state index is 0.184. The Kier molecular flexibility index (Phi) is 6.16. The lowest BCUT2D eigenvalue weighted by Crippen LogP contribution is -2.32. The van der Waals surface area contributed by atoms with Crippen molar-refractivity contribution in [3.63, 3.8) is 0 Å². The van der Waals surface area contributed by atoms with E-state index in [1.54, 1.807) is 25.1 Å². The molecule has 148 valence electrons. The van der Waals surface area contributed by atoms with Crippen LogP contribution in [-0.2, 0) is 19.1 Å². The Morgan fingerprint density at radius 1 is 1.29 bits per heavy atom. The summed E-state index contributed by atoms with van der Waals surface area (Å²) in [5.74, 6) is -1.19. The van der Waals surface area contributed by atoms with Crippen molar-refractivity contribution in [1.82, 2.24) is 0 Å². The molecule has 2 aromatic carbocycles. The van der Waals surface area contributed by atoms with Gasteiger partial charge in [-0.25, -0.2) is 4.39 Å². The molecule has 0 aromatic heterocycles. The van der Waals surface area contributed by atoms with E-state index in [4.69, 9.17) is 25.8 Å². The number of nitrogens with one attached hydrogen (secondary N) is 1. The molecule has 1 N–H and O–H groups in total. The molecule has 1 aliphatic heterocycles. The van der Waals surface area contributed by atoms with Gasteiger partial charge < -0.3 is 19.5 Å². The lowest BCUT2D eigenvalue weighted by atomic mass is 9.99. The lowest BCUT2D eigenvalue weighted by molar-refractivity contribution is -0.150. The van der Waals surface area contributed by atoms with E-state index in [1.165, 1.54) is 25.3 Å². The molecule has 0 spiro atoms. The largest absolute Gasteiger partial charge is 0.495 e. The molecule has 0 fully saturated rings. The molecule has 1 heterocycles. The SMILES string of the molecule is CCOC(=O)C[C@H]1O[C@H](c2cccc(OC)c2Cl)c2cc(F)ccc2NC1=O. The molecule has 2 aromatic rings. The monoisotopic (exact) mass is 407 g/mol. The van der Waals surface area contributed by atoms with E-state index in [9.17, 15) is 14.0 Å². The van der Waals surface area contributed by atoms with Gasteiger partial charge in [0, 0.05) is 16.8 Å². The van der Waals surface area contributed by atoms with E-state index in [0.717, 1.165) is 0 Å². The van der Waals surface area contributed by atoms with E-state index >= 15 is 0 Å². The first-order valence-corrected chi connectivity index (χ1v) is 9.06. The van der Waals surface area contributed by atoms with Crippen LogP contribution in [0.25, 0.3) is 0 Å². The molecule has 0 aliphatic carbocycles. The van der Waals surface area contributed by atoms with Crippen molar-refractivity contribution in [2.75, 3.05) is 19.0 Å². The summed E-state index contributed by atoms with van der Waals surface area (Å²) in [7, 11) is 1.47. The first-order valence-electron chi connectivity index (χ1n) is 8.68. The Morgan fingerprint density at radius 3 is 2.79 bits per heavy atom. The van der Waals surface area contributed by atoms with Crippen LogP contribution in [0.4, 0.5) is 10.1 Å². The fourth-order valence-electron chi connectivity index (χ4n) is 3.02. The van der Waals surface area contributed by atoms with E-state index in [-0.39, 0.29) is 18.1 Å². The van der Waals surface area contributed by atoms with Crippen molar-refractivity contribution in [1.29, 1.82) is 0 Å². The van der Waals surface area contributed by atoms with Crippen molar-refractivity contribution >= 4 is 29.2 Å². The van der Waals surface area contributed by atoms with Gasteiger partial charge >= 0.3 is 5.97 Å². The maximum absolute atomic E-state index is 14.0. The number of amides is 1. The Labute approximate surface area is 166 Å². The molecule has 6 nitrogen and oxygen atoms in total. The van der Waals surface area contributed by atoms with Crippen molar-refractivity contribution in [2.45, 2.75) is 25.6 Å². The average molecular weight is 408 g/mol. The maximum atomic E-state index is 14.0. The zero-order chi connectivity index (χ0) is 20.3. The van der Waals surface area contributed by atoms with E-state index in [2.05, 4.69) is 5.32 Å². The van der Waals surface area contributed by atoms with Crippen molar-refractivity contribution in [3.05, 3.63) is 58.4 Å². The number of methoxy groups -OCH3 is 1. The third-order valence-electron chi connectivity index (χ3n) is 4.30. The van der Waals surface area contributed by atoms with Gasteiger partial charge in [0.05, 0.1) is 25.2 Å². The summed E-state index contributed by atoms with van der Waals surface area (Å²) in [6.45, 7) is 1.85. The van der Waals surface area contributed by atoms with Crippen LogP contribution in [0.3, 0.4) is 0 Å². The van der Waals surface area contributed by atoms with Crippen molar-refractivity contribution < 1.29 is 28.2 Å². The van der Waals surface area contributed by atoms with Crippen molar-refractivity contribution in [2.24, 2.45) is 0 Å². The van der Waals surface area contributed by atoms with Crippen LogP contribution >= 0.6 is 11.6 Å². The highest BCUT2D eigenvalue weighted by molar-refractivity contribution is 6.33. The molecule has 1 aliphatic rings. The van der Waals surface area contributed by atoms with Gasteiger partial charge in [-0.15, -0.1) is 0 Å². The van der Waals surface area contributed by atoms with Gasteiger partial charge in [0.1, 0.15) is 23.8 Å². The van der Waals surface area contributed by atoms with Gasteiger partial charge in [0.2, 0.25) is 0 Å². The normalized spacial score (nSPS) is 18.6. The first-order chi connectivity index (χ1) is 13.4. The standard InChI is InChI=1S/C20H19ClFNO5/c1-3-27-17(24)10-16-20(25)23-14-8-7-11(22)9-13(14)19(28-16)12-5-4-6-15(26-2)18(12)21/h4-9,16,19H,3,10H2,1-2H3,(H,23,25)/t16-,19-/m1/s1. The molecule has 1 amide bonds. The number of rotatable bonds is 5. The molecule has 0 bridgehead atoms. The predicted molar refractivity (Wildman–Crippen MR) is 101 cm³/mol. The van der Waals surface area contributed by atoms with Crippen LogP contribution in [0.15, 0.2) is 36.4 Å². The quantitative estimate of drug-likeness (QED) is 0.762.